The molecule has 0 aliphatic rings. The molecule has 1 heterocycles. The Bertz CT molecular complexity index is 550. The van der Waals surface area contributed by atoms with Crippen molar-refractivity contribution < 1.29 is 4.39 Å². The van der Waals surface area contributed by atoms with Gasteiger partial charge in [-0.25, -0.2) is 9.07 Å². The molecule has 0 bridgehead atoms. The number of nitrogens with two attached hydrogens (primary N) is 1. The number of benzene rings is 1. The SMILES string of the molecule is Cc1c(C(C)N)nnn1-c1cc(Cl)ccc1F. The van der Waals surface area contributed by atoms with E-state index >= 15 is 0 Å². The van der Waals surface area contributed by atoms with Crippen molar-refractivity contribution in [3.05, 3.63) is 40.4 Å². The number of halogens is 2. The average Bonchev–Trinajstić information content (AvgIpc) is 2.64. The molecule has 0 aliphatic carbocycles. The second-order valence-corrected chi connectivity index (χ2v) is 4.29. The van der Waals surface area contributed by atoms with Crippen LogP contribution in [0.4, 0.5) is 4.39 Å². The van der Waals surface area contributed by atoms with Crippen molar-refractivity contribution in [1.82, 2.24) is 15.0 Å². The number of aromatic nitrogens is 3. The standard InChI is InChI=1S/C11H12ClFN4/c1-6(14)11-7(2)17(16-15-11)10-5-8(12)3-4-9(10)13/h3-6H,14H2,1-2H3. The van der Waals surface area contributed by atoms with E-state index in [-0.39, 0.29) is 11.7 Å². The van der Waals surface area contributed by atoms with Crippen LogP contribution in [0, 0.1) is 12.7 Å². The largest absolute Gasteiger partial charge is 0.323 e. The molecular formula is C11H12ClFN4. The van der Waals surface area contributed by atoms with E-state index in [0.29, 0.717) is 16.4 Å². The predicted octanol–water partition coefficient (Wildman–Crippen LogP) is 2.39. The van der Waals surface area contributed by atoms with Gasteiger partial charge in [0.2, 0.25) is 0 Å². The molecular weight excluding hydrogens is 243 g/mol. The normalized spacial score (nSPS) is 12.8. The molecule has 2 rings (SSSR count). The van der Waals surface area contributed by atoms with Crippen LogP contribution in [-0.4, -0.2) is 15.0 Å². The maximum Gasteiger partial charge on any atom is 0.149 e. The summed E-state index contributed by atoms with van der Waals surface area (Å²) in [5.41, 5.74) is 7.36. The lowest BCUT2D eigenvalue weighted by molar-refractivity contribution is 0.604. The van der Waals surface area contributed by atoms with Crippen LogP contribution in [0.15, 0.2) is 18.2 Å². The van der Waals surface area contributed by atoms with Crippen LogP contribution in [0.1, 0.15) is 24.4 Å². The summed E-state index contributed by atoms with van der Waals surface area (Å²) in [4.78, 5) is 0. The van der Waals surface area contributed by atoms with E-state index in [1.807, 2.05) is 0 Å². The van der Waals surface area contributed by atoms with Crippen LogP contribution in [0.5, 0.6) is 0 Å². The lowest BCUT2D eigenvalue weighted by Crippen LogP contribution is -2.08. The van der Waals surface area contributed by atoms with Gasteiger partial charge in [0.05, 0.1) is 5.69 Å². The number of nitrogens with zero attached hydrogens (tertiary/aromatic N) is 3. The molecule has 1 atom stereocenters. The average molecular weight is 255 g/mol. The second-order valence-electron chi connectivity index (χ2n) is 3.86. The fourth-order valence-corrected chi connectivity index (χ4v) is 1.80. The topological polar surface area (TPSA) is 56.7 Å². The highest BCUT2D eigenvalue weighted by Crippen LogP contribution is 2.21. The first-order valence-corrected chi connectivity index (χ1v) is 5.51. The first-order chi connectivity index (χ1) is 8.00. The van der Waals surface area contributed by atoms with Gasteiger partial charge in [-0.05, 0) is 32.0 Å². The zero-order chi connectivity index (χ0) is 12.6. The van der Waals surface area contributed by atoms with Crippen LogP contribution in [-0.2, 0) is 0 Å². The zero-order valence-electron chi connectivity index (χ0n) is 9.48. The second kappa shape index (κ2) is 4.43. The molecule has 0 amide bonds. The van der Waals surface area contributed by atoms with Gasteiger partial charge in [-0.1, -0.05) is 16.8 Å². The number of hydrogen-bond acceptors (Lipinski definition) is 3. The van der Waals surface area contributed by atoms with Gasteiger partial charge in [0.1, 0.15) is 17.2 Å². The third-order valence-corrected chi connectivity index (χ3v) is 2.73. The van der Waals surface area contributed by atoms with E-state index < -0.39 is 5.82 Å². The van der Waals surface area contributed by atoms with Gasteiger partial charge in [0.15, 0.2) is 0 Å². The number of rotatable bonds is 2. The molecule has 2 N–H and O–H groups in total. The molecule has 4 nitrogen and oxygen atoms in total. The molecule has 0 saturated carbocycles. The third kappa shape index (κ3) is 2.16. The molecule has 0 aliphatic heterocycles. The van der Waals surface area contributed by atoms with Crippen LogP contribution in [0.3, 0.4) is 0 Å². The Hall–Kier alpha value is -1.46. The van der Waals surface area contributed by atoms with Gasteiger partial charge in [-0.15, -0.1) is 5.10 Å². The van der Waals surface area contributed by atoms with Crippen molar-refractivity contribution in [1.29, 1.82) is 0 Å². The molecule has 0 spiro atoms. The highest BCUT2D eigenvalue weighted by molar-refractivity contribution is 6.30. The summed E-state index contributed by atoms with van der Waals surface area (Å²) in [5, 5.41) is 8.28. The minimum Gasteiger partial charge on any atom is -0.323 e. The summed E-state index contributed by atoms with van der Waals surface area (Å²) in [5.74, 6) is -0.404. The third-order valence-electron chi connectivity index (χ3n) is 2.50. The van der Waals surface area contributed by atoms with Crippen LogP contribution < -0.4 is 5.73 Å². The van der Waals surface area contributed by atoms with Crippen molar-refractivity contribution in [2.24, 2.45) is 5.73 Å². The Balaban J connectivity index is 2.57. The Labute approximate surface area is 103 Å². The molecule has 6 heteroatoms. The van der Waals surface area contributed by atoms with Crippen molar-refractivity contribution >= 4 is 11.6 Å². The predicted molar refractivity (Wildman–Crippen MR) is 63.7 cm³/mol. The Morgan fingerprint density at radius 1 is 1.47 bits per heavy atom. The fraction of sp³-hybridized carbons (Fsp3) is 0.273. The first kappa shape index (κ1) is 12.0. The van der Waals surface area contributed by atoms with E-state index in [9.17, 15) is 4.39 Å². The van der Waals surface area contributed by atoms with Crippen molar-refractivity contribution in [2.45, 2.75) is 19.9 Å². The number of hydrogen-bond donors (Lipinski definition) is 1. The summed E-state index contributed by atoms with van der Waals surface area (Å²) in [6.45, 7) is 3.59. The quantitative estimate of drug-likeness (QED) is 0.895. The van der Waals surface area contributed by atoms with Gasteiger partial charge < -0.3 is 5.73 Å². The van der Waals surface area contributed by atoms with Crippen LogP contribution in [0.25, 0.3) is 5.69 Å². The van der Waals surface area contributed by atoms with Gasteiger partial charge in [-0.3, -0.25) is 0 Å². The lowest BCUT2D eigenvalue weighted by Gasteiger charge is -2.06. The Kier molecular flexibility index (Phi) is 3.13. The van der Waals surface area contributed by atoms with E-state index in [0.717, 1.165) is 0 Å². The van der Waals surface area contributed by atoms with Crippen molar-refractivity contribution in [3.63, 3.8) is 0 Å². The van der Waals surface area contributed by atoms with E-state index in [1.54, 1.807) is 13.8 Å². The lowest BCUT2D eigenvalue weighted by atomic mass is 10.2. The maximum absolute atomic E-state index is 13.7. The van der Waals surface area contributed by atoms with E-state index in [2.05, 4.69) is 10.3 Å². The molecule has 1 unspecified atom stereocenters. The first-order valence-electron chi connectivity index (χ1n) is 5.14. The molecule has 90 valence electrons. The monoisotopic (exact) mass is 254 g/mol. The highest BCUT2D eigenvalue weighted by Gasteiger charge is 2.15. The molecule has 0 saturated heterocycles. The minimum atomic E-state index is -0.404. The summed E-state index contributed by atoms with van der Waals surface area (Å²) < 4.78 is 15.1. The molecule has 1 aromatic carbocycles. The highest BCUT2D eigenvalue weighted by atomic mass is 35.5. The summed E-state index contributed by atoms with van der Waals surface area (Å²) in [6.07, 6.45) is 0. The molecule has 17 heavy (non-hydrogen) atoms. The summed E-state index contributed by atoms with van der Waals surface area (Å²) in [7, 11) is 0. The maximum atomic E-state index is 13.7. The van der Waals surface area contributed by atoms with Gasteiger partial charge in [-0.2, -0.15) is 0 Å². The molecule has 1 aromatic heterocycles. The Morgan fingerprint density at radius 3 is 2.76 bits per heavy atom. The molecule has 0 fully saturated rings. The summed E-state index contributed by atoms with van der Waals surface area (Å²) in [6, 6.07) is 4.04. The van der Waals surface area contributed by atoms with Crippen LogP contribution >= 0.6 is 11.6 Å². The van der Waals surface area contributed by atoms with Gasteiger partial charge >= 0.3 is 0 Å². The van der Waals surface area contributed by atoms with Crippen molar-refractivity contribution in [3.8, 4) is 5.69 Å². The van der Waals surface area contributed by atoms with Crippen LogP contribution in [0.2, 0.25) is 5.02 Å². The molecule has 2 aromatic rings. The van der Waals surface area contributed by atoms with E-state index in [1.165, 1.54) is 22.9 Å². The van der Waals surface area contributed by atoms with Crippen molar-refractivity contribution in [2.75, 3.05) is 0 Å². The van der Waals surface area contributed by atoms with E-state index in [4.69, 9.17) is 17.3 Å². The van der Waals surface area contributed by atoms with Gasteiger partial charge in [0, 0.05) is 11.1 Å². The summed E-state index contributed by atoms with van der Waals surface area (Å²) >= 11 is 5.84. The smallest absolute Gasteiger partial charge is 0.149 e. The minimum absolute atomic E-state index is 0.244. The zero-order valence-corrected chi connectivity index (χ0v) is 10.2. The Morgan fingerprint density at radius 2 is 2.18 bits per heavy atom. The molecule has 0 radical (unpaired) electrons. The van der Waals surface area contributed by atoms with Gasteiger partial charge in [0.25, 0.3) is 0 Å². The fourth-order valence-electron chi connectivity index (χ4n) is 1.64.